The smallest absolute Gasteiger partial charge is 0.346 e. The van der Waals surface area contributed by atoms with E-state index >= 15 is 0 Å². The van der Waals surface area contributed by atoms with Gasteiger partial charge in [0, 0.05) is 36.4 Å². The van der Waals surface area contributed by atoms with Gasteiger partial charge in [-0.1, -0.05) is 6.07 Å². The Bertz CT molecular complexity index is 1030. The van der Waals surface area contributed by atoms with Crippen LogP contribution in [0.4, 0.5) is 13.2 Å². The minimum Gasteiger partial charge on any atom is -0.346 e. The van der Waals surface area contributed by atoms with Crippen molar-refractivity contribution in [2.45, 2.75) is 57.4 Å². The Hall–Kier alpha value is -2.68. The maximum atomic E-state index is 13.1. The van der Waals surface area contributed by atoms with Gasteiger partial charge in [-0.3, -0.25) is 14.5 Å². The lowest BCUT2D eigenvalue weighted by Gasteiger charge is -2.19. The minimum absolute atomic E-state index is 0.0855. The van der Waals surface area contributed by atoms with Crippen molar-refractivity contribution in [1.82, 2.24) is 20.0 Å². The number of carbonyl (C=O) groups excluding carboxylic acids is 1. The van der Waals surface area contributed by atoms with E-state index in [4.69, 9.17) is 0 Å². The molecule has 160 valence electrons. The van der Waals surface area contributed by atoms with Crippen LogP contribution in [0.2, 0.25) is 0 Å². The molecular weight excluding hydrogens is 397 g/mol. The molecule has 1 aromatic carbocycles. The summed E-state index contributed by atoms with van der Waals surface area (Å²) >= 11 is 0. The first kappa shape index (κ1) is 20.6. The molecule has 1 aliphatic carbocycles. The van der Waals surface area contributed by atoms with Crippen molar-refractivity contribution >= 4 is 5.91 Å². The van der Waals surface area contributed by atoms with Crippen molar-refractivity contribution < 1.29 is 18.0 Å². The molecule has 2 atom stereocenters. The second kappa shape index (κ2) is 7.54. The molecule has 2 fully saturated rings. The van der Waals surface area contributed by atoms with Gasteiger partial charge in [-0.25, -0.2) is 4.68 Å². The molecule has 2 aromatic rings. The molecular formula is C21H23F3N4O2. The zero-order chi connectivity index (χ0) is 21.6. The lowest BCUT2D eigenvalue weighted by molar-refractivity contribution is -0.137. The number of hydrogen-bond donors (Lipinski definition) is 1. The van der Waals surface area contributed by atoms with Crippen LogP contribution in [0, 0.1) is 6.92 Å². The molecule has 1 aliphatic heterocycles. The number of aromatic nitrogens is 2. The predicted octanol–water partition coefficient (Wildman–Crippen LogP) is 2.91. The van der Waals surface area contributed by atoms with Crippen LogP contribution < -0.4 is 10.7 Å². The molecule has 0 radical (unpaired) electrons. The molecule has 1 aromatic heterocycles. The number of nitrogens with zero attached hydrogens (tertiary/aromatic N) is 3. The molecule has 2 aliphatic rings. The third-order valence-electron chi connectivity index (χ3n) is 5.71. The zero-order valence-electron chi connectivity index (χ0n) is 16.7. The first-order valence-electron chi connectivity index (χ1n) is 9.98. The summed E-state index contributed by atoms with van der Waals surface area (Å²) in [5.41, 5.74) is -1.24. The standard InChI is InChI=1S/C21H23F3N4O2/c1-12-8-15(11-27(12)16-6-7-16)25-20(30)19-18(29)9-13(2)28(26-19)17-5-3-4-14(10-17)21(22,23)24/h3-5,9-10,12,15-16H,6-8,11H2,1-2H3,(H,25,30)/t12-,15-/m1/s1. The normalized spacial score (nSPS) is 22.3. The van der Waals surface area contributed by atoms with Crippen LogP contribution in [0.25, 0.3) is 5.69 Å². The Morgan fingerprint density at radius 2 is 1.97 bits per heavy atom. The van der Waals surface area contributed by atoms with Gasteiger partial charge in [0.1, 0.15) is 0 Å². The molecule has 2 heterocycles. The highest BCUT2D eigenvalue weighted by atomic mass is 19.4. The van der Waals surface area contributed by atoms with Gasteiger partial charge in [0.15, 0.2) is 5.69 Å². The number of carbonyl (C=O) groups is 1. The average molecular weight is 420 g/mol. The molecule has 1 saturated heterocycles. The van der Waals surface area contributed by atoms with Crippen molar-refractivity contribution in [2.24, 2.45) is 0 Å². The van der Waals surface area contributed by atoms with Crippen LogP contribution >= 0.6 is 0 Å². The summed E-state index contributed by atoms with van der Waals surface area (Å²) in [6.07, 6.45) is -1.37. The number of benzene rings is 1. The number of aryl methyl sites for hydroxylation is 1. The summed E-state index contributed by atoms with van der Waals surface area (Å²) in [7, 11) is 0. The Balaban J connectivity index is 1.59. The lowest BCUT2D eigenvalue weighted by atomic mass is 10.2. The quantitative estimate of drug-likeness (QED) is 0.826. The van der Waals surface area contributed by atoms with Crippen molar-refractivity contribution in [3.05, 3.63) is 57.5 Å². The van der Waals surface area contributed by atoms with Crippen LogP contribution in [-0.2, 0) is 6.18 Å². The van der Waals surface area contributed by atoms with Crippen LogP contribution in [0.1, 0.15) is 47.9 Å². The fourth-order valence-electron chi connectivity index (χ4n) is 4.11. The predicted molar refractivity (Wildman–Crippen MR) is 105 cm³/mol. The third-order valence-corrected chi connectivity index (χ3v) is 5.71. The van der Waals surface area contributed by atoms with Gasteiger partial charge in [0.05, 0.1) is 11.3 Å². The molecule has 1 saturated carbocycles. The van der Waals surface area contributed by atoms with Gasteiger partial charge in [-0.15, -0.1) is 0 Å². The number of amides is 1. The zero-order valence-corrected chi connectivity index (χ0v) is 16.7. The molecule has 6 nitrogen and oxygen atoms in total. The monoisotopic (exact) mass is 420 g/mol. The Morgan fingerprint density at radius 1 is 1.23 bits per heavy atom. The Morgan fingerprint density at radius 3 is 2.63 bits per heavy atom. The maximum Gasteiger partial charge on any atom is 0.416 e. The van der Waals surface area contributed by atoms with E-state index in [1.54, 1.807) is 6.92 Å². The Kier molecular flexibility index (Phi) is 5.17. The van der Waals surface area contributed by atoms with Crippen LogP contribution in [0.15, 0.2) is 35.1 Å². The fourth-order valence-corrected chi connectivity index (χ4v) is 4.11. The van der Waals surface area contributed by atoms with Crippen LogP contribution in [0.5, 0.6) is 0 Å². The molecule has 0 spiro atoms. The van der Waals surface area contributed by atoms with Gasteiger partial charge in [0.2, 0.25) is 5.43 Å². The van der Waals surface area contributed by atoms with E-state index in [-0.39, 0.29) is 17.4 Å². The van der Waals surface area contributed by atoms with Gasteiger partial charge >= 0.3 is 6.18 Å². The van der Waals surface area contributed by atoms with E-state index in [2.05, 4.69) is 22.2 Å². The highest BCUT2D eigenvalue weighted by Crippen LogP contribution is 2.33. The summed E-state index contributed by atoms with van der Waals surface area (Å²) in [6.45, 7) is 4.41. The van der Waals surface area contributed by atoms with E-state index in [1.807, 2.05) is 0 Å². The maximum absolute atomic E-state index is 13.1. The van der Waals surface area contributed by atoms with Gasteiger partial charge in [-0.05, 0) is 51.3 Å². The molecule has 0 bridgehead atoms. The van der Waals surface area contributed by atoms with Crippen molar-refractivity contribution in [2.75, 3.05) is 6.54 Å². The van der Waals surface area contributed by atoms with Gasteiger partial charge in [0.25, 0.3) is 5.91 Å². The van der Waals surface area contributed by atoms with Crippen molar-refractivity contribution in [3.63, 3.8) is 0 Å². The Labute approximate surface area is 171 Å². The van der Waals surface area contributed by atoms with Crippen molar-refractivity contribution in [3.8, 4) is 5.69 Å². The summed E-state index contributed by atoms with van der Waals surface area (Å²) < 4.78 is 40.4. The first-order valence-corrected chi connectivity index (χ1v) is 9.98. The van der Waals surface area contributed by atoms with E-state index in [9.17, 15) is 22.8 Å². The molecule has 1 amide bonds. The van der Waals surface area contributed by atoms with E-state index in [1.165, 1.54) is 35.7 Å². The number of rotatable bonds is 4. The number of hydrogen-bond acceptors (Lipinski definition) is 4. The molecule has 0 unspecified atom stereocenters. The summed E-state index contributed by atoms with van der Waals surface area (Å²) in [6, 6.07) is 6.69. The highest BCUT2D eigenvalue weighted by Gasteiger charge is 2.39. The SMILES string of the molecule is Cc1cc(=O)c(C(=O)N[C@@H]2C[C@@H](C)N(C3CC3)C2)nn1-c1cccc(C(F)(F)F)c1. The number of alkyl halides is 3. The van der Waals surface area contributed by atoms with Crippen molar-refractivity contribution in [1.29, 1.82) is 0 Å². The van der Waals surface area contributed by atoms with E-state index in [0.717, 1.165) is 25.1 Å². The number of halogens is 3. The summed E-state index contributed by atoms with van der Waals surface area (Å²) in [4.78, 5) is 27.5. The second-order valence-corrected chi connectivity index (χ2v) is 8.14. The second-order valence-electron chi connectivity index (χ2n) is 8.14. The average Bonchev–Trinajstić information content (AvgIpc) is 3.44. The number of nitrogens with one attached hydrogen (secondary N) is 1. The van der Waals surface area contributed by atoms with E-state index < -0.39 is 23.1 Å². The molecule has 4 rings (SSSR count). The summed E-state index contributed by atoms with van der Waals surface area (Å²) in [5.74, 6) is -0.601. The number of likely N-dealkylation sites (tertiary alicyclic amines) is 1. The molecule has 1 N–H and O–H groups in total. The first-order chi connectivity index (χ1) is 14.1. The topological polar surface area (TPSA) is 67.2 Å². The lowest BCUT2D eigenvalue weighted by Crippen LogP contribution is -2.40. The highest BCUT2D eigenvalue weighted by molar-refractivity contribution is 5.92. The molecule has 9 heteroatoms. The fraction of sp³-hybridized carbons (Fsp3) is 0.476. The van der Waals surface area contributed by atoms with E-state index in [0.29, 0.717) is 17.8 Å². The van der Waals surface area contributed by atoms with Gasteiger partial charge < -0.3 is 5.32 Å². The largest absolute Gasteiger partial charge is 0.416 e. The van der Waals surface area contributed by atoms with Crippen LogP contribution in [-0.4, -0.2) is 45.3 Å². The molecule has 30 heavy (non-hydrogen) atoms. The van der Waals surface area contributed by atoms with Crippen LogP contribution in [0.3, 0.4) is 0 Å². The minimum atomic E-state index is -4.50. The summed E-state index contributed by atoms with van der Waals surface area (Å²) in [5, 5.41) is 6.98. The van der Waals surface area contributed by atoms with Gasteiger partial charge in [-0.2, -0.15) is 18.3 Å². The third kappa shape index (κ3) is 4.12.